The minimum absolute atomic E-state index is 1.26. The van der Waals surface area contributed by atoms with Crippen LogP contribution in [0.5, 0.6) is 0 Å². The van der Waals surface area contributed by atoms with E-state index in [2.05, 4.69) is 242 Å². The summed E-state index contributed by atoms with van der Waals surface area (Å²) in [6.07, 6.45) is 28.6. The van der Waals surface area contributed by atoms with Crippen molar-refractivity contribution in [2.24, 2.45) is 0 Å². The lowest BCUT2D eigenvalue weighted by atomic mass is 10.1. The van der Waals surface area contributed by atoms with Crippen molar-refractivity contribution in [3.63, 3.8) is 0 Å². The zero-order chi connectivity index (χ0) is 57.2. The molecule has 0 aliphatic rings. The van der Waals surface area contributed by atoms with Crippen LogP contribution >= 0.6 is 0 Å². The van der Waals surface area contributed by atoms with Crippen molar-refractivity contribution < 1.29 is 0 Å². The Morgan fingerprint density at radius 1 is 0.229 bits per heavy atom. The van der Waals surface area contributed by atoms with Crippen molar-refractivity contribution in [1.82, 2.24) is 8.47 Å². The normalized spacial score (nSPS) is 13.5. The summed E-state index contributed by atoms with van der Waals surface area (Å²) in [6.45, 7) is 9.59. The minimum Gasteiger partial charge on any atom is -0.366 e. The molecule has 2 heterocycles. The van der Waals surface area contributed by atoms with Gasteiger partial charge in [-0.2, -0.15) is 0 Å². The second kappa shape index (κ2) is 29.7. The number of nitrogens with zero attached hydrogens (tertiary/aromatic N) is 2. The number of para-hydroxylation sites is 4. The molecular weight excluding hydrogens is 1050 g/mol. The largest absolute Gasteiger partial charge is 0.366 e. The topological polar surface area (TPSA) is 9.86 Å². The average Bonchev–Trinajstić information content (AvgIpc) is 4.25. The number of hydrogen-bond acceptors (Lipinski definition) is 0. The lowest BCUT2D eigenvalue weighted by molar-refractivity contribution is 0.621. The molecule has 2 atom stereocenters. The van der Waals surface area contributed by atoms with Crippen molar-refractivity contribution in [3.8, 4) is 22.3 Å². The van der Waals surface area contributed by atoms with Gasteiger partial charge in [0.1, 0.15) is 7.11 Å². The minimum atomic E-state index is -3.14. The maximum absolute atomic E-state index is 3.29. The highest BCUT2D eigenvalue weighted by atomic mass is 29.6. The van der Waals surface area contributed by atoms with Crippen LogP contribution in [0.15, 0.2) is 206 Å². The molecule has 2 aromatic heterocycles. The van der Waals surface area contributed by atoms with Gasteiger partial charge in [-0.25, -0.2) is 0 Å². The average molecular weight is 1150 g/mol. The lowest BCUT2D eigenvalue weighted by Gasteiger charge is -2.60. The first-order chi connectivity index (χ1) is 41.1. The van der Waals surface area contributed by atoms with Gasteiger partial charge < -0.3 is 8.47 Å². The van der Waals surface area contributed by atoms with Gasteiger partial charge >= 0.3 is 0 Å². The Morgan fingerprint density at radius 3 is 0.771 bits per heavy atom. The van der Waals surface area contributed by atoms with Gasteiger partial charge in [-0.3, -0.25) is 0 Å². The summed E-state index contributed by atoms with van der Waals surface area (Å²) < 4.78 is 6.58. The first-order valence-electron chi connectivity index (χ1n) is 33.4. The van der Waals surface area contributed by atoms with Gasteiger partial charge in [-0.15, -0.1) is 0 Å². The molecule has 0 saturated heterocycles. The number of hydrogen-bond donors (Lipinski definition) is 0. The van der Waals surface area contributed by atoms with E-state index in [1.807, 2.05) is 0 Å². The Morgan fingerprint density at radius 2 is 0.470 bits per heavy atom. The molecule has 0 aliphatic heterocycles. The lowest BCUT2D eigenvalue weighted by Crippen LogP contribution is -2.89. The molecule has 0 bridgehead atoms. The highest BCUT2D eigenvalue weighted by Gasteiger charge is 2.70. The molecule has 0 spiro atoms. The van der Waals surface area contributed by atoms with E-state index < -0.39 is 22.6 Å². The molecule has 2 unspecified atom stereocenters. The van der Waals surface area contributed by atoms with Crippen LogP contribution in [-0.2, 0) is 0 Å². The summed E-state index contributed by atoms with van der Waals surface area (Å²) in [5, 5.41) is 9.14. The third-order valence-electron chi connectivity index (χ3n) is 19.6. The van der Waals surface area contributed by atoms with Crippen LogP contribution in [0.3, 0.4) is 0 Å². The monoisotopic (exact) mass is 1150 g/mol. The van der Waals surface area contributed by atoms with Gasteiger partial charge in [0.05, 0.1) is 0 Å². The van der Waals surface area contributed by atoms with E-state index >= 15 is 0 Å². The molecule has 432 valence electrons. The third-order valence-corrected chi connectivity index (χ3v) is 57.0. The molecule has 0 saturated carbocycles. The van der Waals surface area contributed by atoms with E-state index in [1.165, 1.54) is 231 Å². The van der Waals surface area contributed by atoms with E-state index in [0.717, 1.165) is 0 Å². The number of rotatable bonds is 34. The Bertz CT molecular complexity index is 3200. The van der Waals surface area contributed by atoms with Gasteiger partial charge in [-0.1, -0.05) is 363 Å². The summed E-state index contributed by atoms with van der Waals surface area (Å²) in [5.41, 5.74) is 11.2. The number of fused-ring (bicyclic) bond motifs is 6. The van der Waals surface area contributed by atoms with Crippen LogP contribution in [0.2, 0.25) is 24.2 Å². The summed E-state index contributed by atoms with van der Waals surface area (Å²) in [4.78, 5) is 0. The molecular formula is C78H98N2Si3. The molecule has 83 heavy (non-hydrogen) atoms. The fourth-order valence-corrected chi connectivity index (χ4v) is 64.3. The van der Waals surface area contributed by atoms with Gasteiger partial charge in [0.2, 0.25) is 0 Å². The maximum Gasteiger partial charge on any atom is 0.181 e. The third kappa shape index (κ3) is 12.6. The van der Waals surface area contributed by atoms with Crippen molar-refractivity contribution in [2.75, 3.05) is 0 Å². The summed E-state index contributed by atoms with van der Waals surface area (Å²) in [6, 6.07) is 88.6. The first kappa shape index (κ1) is 60.1. The highest BCUT2D eigenvalue weighted by Crippen LogP contribution is 2.51. The van der Waals surface area contributed by atoms with E-state index in [-0.39, 0.29) is 0 Å². The molecule has 5 heteroatoms. The molecule has 10 aromatic rings. The zero-order valence-corrected chi connectivity index (χ0v) is 54.4. The second-order valence-corrected chi connectivity index (χ2v) is 46.7. The highest BCUT2D eigenvalue weighted by molar-refractivity contribution is 7.74. The Kier molecular flexibility index (Phi) is 21.5. The molecule has 2 nitrogen and oxygen atoms in total. The molecule has 0 amide bonds. The molecule has 0 N–H and O–H groups in total. The number of unbranched alkanes of at least 4 members (excludes halogenated alkanes) is 18. The first-order valence-corrected chi connectivity index (χ1v) is 42.1. The molecule has 8 aromatic carbocycles. The van der Waals surface area contributed by atoms with E-state index in [4.69, 9.17) is 0 Å². The molecule has 0 aliphatic carbocycles. The van der Waals surface area contributed by atoms with Crippen molar-refractivity contribution in [2.45, 2.75) is 193 Å². The van der Waals surface area contributed by atoms with Gasteiger partial charge in [-0.05, 0) is 69.0 Å². The van der Waals surface area contributed by atoms with Crippen LogP contribution in [0.25, 0.3) is 65.9 Å². The maximum atomic E-state index is 3.29. The second-order valence-electron chi connectivity index (χ2n) is 24.8. The summed E-state index contributed by atoms with van der Waals surface area (Å²) in [7, 11) is -9.26. The number of aromatic nitrogens is 2. The number of benzene rings is 8. The quantitative estimate of drug-likeness (QED) is 0.0281. The Hall–Kier alpha value is -5.99. The summed E-state index contributed by atoms with van der Waals surface area (Å²) >= 11 is 0. The Balaban J connectivity index is 1.43. The van der Waals surface area contributed by atoms with Crippen LogP contribution < -0.4 is 10.4 Å². The van der Waals surface area contributed by atoms with Crippen LogP contribution in [0.1, 0.15) is 169 Å². The van der Waals surface area contributed by atoms with E-state index in [0.29, 0.717) is 0 Å². The fraction of sp³-hybridized carbons (Fsp3) is 0.385. The van der Waals surface area contributed by atoms with Crippen LogP contribution in [-0.4, -0.2) is 31.1 Å². The standard InChI is InChI=1S/C78H98N2Si3/c1-5-9-13-17-21-39-63-82(69-57-53-67(54-58-69)65-41-25-23-26-42-65,79-75-49-33-29-45-71(75)72-46-30-34-50-76(72)79)81(61-37-19-15-11-7-3,62-38-20-16-12-8-4)83(64-40-22-18-14-10-6-2,70-59-55-68(56-60-70)66-43-27-24-28-44-66)80-77-51-35-31-47-73(77)74-48-32-36-52-78(74)80/h23-36,41-60H,5-22,37-40,61-64H2,1-4H3. The predicted octanol–water partition coefficient (Wildman–Crippen LogP) is 22.6. The predicted molar refractivity (Wildman–Crippen MR) is 373 cm³/mol. The van der Waals surface area contributed by atoms with Gasteiger partial charge in [0, 0.05) is 43.6 Å². The smallest absolute Gasteiger partial charge is 0.181 e. The Labute approximate surface area is 503 Å². The van der Waals surface area contributed by atoms with E-state index in [1.54, 1.807) is 10.4 Å². The summed E-state index contributed by atoms with van der Waals surface area (Å²) in [5.74, 6) is 0. The van der Waals surface area contributed by atoms with Crippen molar-refractivity contribution >= 4 is 76.6 Å². The van der Waals surface area contributed by atoms with E-state index in [9.17, 15) is 0 Å². The van der Waals surface area contributed by atoms with Gasteiger partial charge in [0.25, 0.3) is 0 Å². The van der Waals surface area contributed by atoms with Crippen molar-refractivity contribution in [1.29, 1.82) is 0 Å². The van der Waals surface area contributed by atoms with Crippen LogP contribution in [0.4, 0.5) is 0 Å². The van der Waals surface area contributed by atoms with Gasteiger partial charge in [0.15, 0.2) is 15.5 Å². The van der Waals surface area contributed by atoms with Crippen LogP contribution in [0, 0.1) is 0 Å². The zero-order valence-electron chi connectivity index (χ0n) is 51.4. The SMILES string of the molecule is CCCCCCCC[Si](c1ccc(-c2ccccc2)cc1)(n1c2ccccc2c2ccccc21)[Si](CCCCCCC)(CCCCCCC)[Si](CCCCCCCC)(c1ccc(-c2ccccc2)cc1)n1c2ccccc2c2ccccc21. The fourth-order valence-electron chi connectivity index (χ4n) is 15.7. The molecule has 10 rings (SSSR count). The molecule has 0 radical (unpaired) electrons. The van der Waals surface area contributed by atoms with Crippen molar-refractivity contribution in [3.05, 3.63) is 206 Å². The molecule has 0 fully saturated rings.